The maximum atomic E-state index is 6.30. The first kappa shape index (κ1) is 29.5. The fourth-order valence-corrected chi connectivity index (χ4v) is 3.48. The van der Waals surface area contributed by atoms with E-state index in [4.69, 9.17) is 37.4 Å². The number of unbranched alkanes of at least 4 members (excludes halogenated alkanes) is 6. The van der Waals surface area contributed by atoms with Crippen LogP contribution in [0.3, 0.4) is 0 Å². The van der Waals surface area contributed by atoms with Crippen molar-refractivity contribution in [3.8, 4) is 0 Å². The molecule has 0 N–H and O–H groups in total. The molecule has 0 heterocycles. The van der Waals surface area contributed by atoms with E-state index < -0.39 is 0 Å². The molecule has 0 amide bonds. The molecule has 5 heteroatoms. The number of rotatable bonds is 22. The lowest BCUT2D eigenvalue weighted by molar-refractivity contribution is -0.250. The average Bonchev–Trinajstić information content (AvgIpc) is 2.66. The molecule has 0 radical (unpaired) electrons. The van der Waals surface area contributed by atoms with Gasteiger partial charge in [-0.05, 0) is 65.2 Å². The van der Waals surface area contributed by atoms with Crippen LogP contribution in [0, 0.1) is 0 Å². The quantitative estimate of drug-likeness (QED) is 0.0931. The predicted octanol–water partition coefficient (Wildman–Crippen LogP) is 8.44. The van der Waals surface area contributed by atoms with Gasteiger partial charge in [-0.1, -0.05) is 52.4 Å². The highest BCUT2D eigenvalue weighted by Crippen LogP contribution is 2.18. The van der Waals surface area contributed by atoms with Gasteiger partial charge < -0.3 is 14.2 Å². The molecule has 0 aliphatic heterocycles. The molecule has 4 atom stereocenters. The lowest BCUT2D eigenvalue weighted by atomic mass is 10.2. The molecule has 0 rings (SSSR count). The Morgan fingerprint density at radius 1 is 0.552 bits per heavy atom. The number of hydrogen-bond acceptors (Lipinski definition) is 3. The first-order valence-electron chi connectivity index (χ1n) is 12.2. The van der Waals surface area contributed by atoms with Gasteiger partial charge in [0.05, 0.1) is 0 Å². The van der Waals surface area contributed by atoms with E-state index in [-0.39, 0.29) is 23.3 Å². The van der Waals surface area contributed by atoms with Gasteiger partial charge in [-0.15, -0.1) is 23.2 Å². The summed E-state index contributed by atoms with van der Waals surface area (Å²) in [6, 6.07) is 0. The van der Waals surface area contributed by atoms with Crippen molar-refractivity contribution in [2.45, 2.75) is 141 Å². The molecule has 3 nitrogen and oxygen atoms in total. The minimum Gasteiger partial charge on any atom is -0.353 e. The fraction of sp³-hybridized carbons (Fsp3) is 1.00. The highest BCUT2D eigenvalue weighted by atomic mass is 35.5. The van der Waals surface area contributed by atoms with Crippen LogP contribution in [-0.2, 0) is 14.2 Å². The Hall–Kier alpha value is 0.460. The molecule has 0 aromatic heterocycles. The fourth-order valence-electron chi connectivity index (χ4n) is 3.17. The zero-order valence-electron chi connectivity index (χ0n) is 19.6. The first-order valence-corrected chi connectivity index (χ1v) is 13.0. The number of hydrogen-bond donors (Lipinski definition) is 0. The normalized spacial score (nSPS) is 15.9. The maximum absolute atomic E-state index is 6.30. The Morgan fingerprint density at radius 3 is 1.31 bits per heavy atom. The van der Waals surface area contributed by atoms with Crippen LogP contribution in [0.15, 0.2) is 0 Å². The van der Waals surface area contributed by atoms with Crippen LogP contribution >= 0.6 is 23.2 Å². The van der Waals surface area contributed by atoms with Crippen LogP contribution in [0.2, 0.25) is 0 Å². The van der Waals surface area contributed by atoms with E-state index >= 15 is 0 Å². The van der Waals surface area contributed by atoms with Gasteiger partial charge in [-0.2, -0.15) is 0 Å². The van der Waals surface area contributed by atoms with E-state index in [0.29, 0.717) is 0 Å². The van der Waals surface area contributed by atoms with Crippen molar-refractivity contribution in [1.29, 1.82) is 0 Å². The molecule has 0 aliphatic carbocycles. The molecule has 0 aliphatic rings. The smallest absolute Gasteiger partial charge is 0.160 e. The van der Waals surface area contributed by atoms with Crippen LogP contribution in [0.5, 0.6) is 0 Å². The SMILES string of the molecule is CCCCCCOC(CCCC(C)Cl)OC(CCCC(C)Cl)OCCCCCC. The Balaban J connectivity index is 4.54. The summed E-state index contributed by atoms with van der Waals surface area (Å²) >= 11 is 12.2. The van der Waals surface area contributed by atoms with Crippen molar-refractivity contribution in [2.24, 2.45) is 0 Å². The number of ether oxygens (including phenoxy) is 3. The van der Waals surface area contributed by atoms with E-state index in [0.717, 1.165) is 64.6 Å². The van der Waals surface area contributed by atoms with Crippen molar-refractivity contribution >= 4 is 23.2 Å². The summed E-state index contributed by atoms with van der Waals surface area (Å²) < 4.78 is 18.5. The van der Waals surface area contributed by atoms with Crippen LogP contribution < -0.4 is 0 Å². The minimum atomic E-state index is -0.207. The van der Waals surface area contributed by atoms with Crippen LogP contribution in [0.25, 0.3) is 0 Å². The lowest BCUT2D eigenvalue weighted by Crippen LogP contribution is -2.28. The molecular weight excluding hydrogens is 407 g/mol. The largest absolute Gasteiger partial charge is 0.353 e. The second-order valence-electron chi connectivity index (χ2n) is 8.28. The highest BCUT2D eigenvalue weighted by Gasteiger charge is 2.18. The summed E-state index contributed by atoms with van der Waals surface area (Å²) in [4.78, 5) is 0. The van der Waals surface area contributed by atoms with Crippen molar-refractivity contribution in [1.82, 2.24) is 0 Å². The Bertz CT molecular complexity index is 297. The molecular formula is C24H48Cl2O3. The molecule has 4 unspecified atom stereocenters. The van der Waals surface area contributed by atoms with Gasteiger partial charge in [-0.3, -0.25) is 0 Å². The summed E-state index contributed by atoms with van der Waals surface area (Å²) in [5.74, 6) is 0. The summed E-state index contributed by atoms with van der Waals surface area (Å²) in [5.41, 5.74) is 0. The van der Waals surface area contributed by atoms with Crippen molar-refractivity contribution < 1.29 is 14.2 Å². The zero-order valence-corrected chi connectivity index (χ0v) is 21.1. The summed E-state index contributed by atoms with van der Waals surface area (Å²) in [6.07, 6.45) is 14.9. The van der Waals surface area contributed by atoms with Gasteiger partial charge in [0.1, 0.15) is 0 Å². The Morgan fingerprint density at radius 2 is 0.966 bits per heavy atom. The van der Waals surface area contributed by atoms with Gasteiger partial charge >= 0.3 is 0 Å². The zero-order chi connectivity index (χ0) is 21.7. The van der Waals surface area contributed by atoms with Crippen molar-refractivity contribution in [3.05, 3.63) is 0 Å². The maximum Gasteiger partial charge on any atom is 0.160 e. The van der Waals surface area contributed by atoms with E-state index in [2.05, 4.69) is 13.8 Å². The minimum absolute atomic E-state index is 0.191. The summed E-state index contributed by atoms with van der Waals surface area (Å²) in [5, 5.41) is 0.382. The van der Waals surface area contributed by atoms with Crippen LogP contribution in [0.1, 0.15) is 118 Å². The number of alkyl halides is 2. The van der Waals surface area contributed by atoms with E-state index in [1.165, 1.54) is 38.5 Å². The Labute approximate surface area is 191 Å². The van der Waals surface area contributed by atoms with Crippen molar-refractivity contribution in [3.63, 3.8) is 0 Å². The van der Waals surface area contributed by atoms with Gasteiger partial charge in [0, 0.05) is 24.0 Å². The van der Waals surface area contributed by atoms with Gasteiger partial charge in [0.25, 0.3) is 0 Å². The predicted molar refractivity (Wildman–Crippen MR) is 127 cm³/mol. The monoisotopic (exact) mass is 454 g/mol. The molecule has 176 valence electrons. The molecule has 0 aromatic carbocycles. The lowest BCUT2D eigenvalue weighted by Gasteiger charge is -2.26. The van der Waals surface area contributed by atoms with E-state index in [1.54, 1.807) is 0 Å². The molecule has 0 fully saturated rings. The molecule has 0 aromatic rings. The summed E-state index contributed by atoms with van der Waals surface area (Å²) in [6.45, 7) is 10.0. The topological polar surface area (TPSA) is 27.7 Å². The van der Waals surface area contributed by atoms with Gasteiger partial charge in [0.2, 0.25) is 0 Å². The second kappa shape index (κ2) is 21.7. The molecule has 0 saturated carbocycles. The van der Waals surface area contributed by atoms with Crippen molar-refractivity contribution in [2.75, 3.05) is 13.2 Å². The highest BCUT2D eigenvalue weighted by molar-refractivity contribution is 6.20. The second-order valence-corrected chi connectivity index (χ2v) is 9.77. The van der Waals surface area contributed by atoms with Gasteiger partial charge in [0.15, 0.2) is 12.6 Å². The third-order valence-electron chi connectivity index (χ3n) is 4.99. The molecule has 0 bridgehead atoms. The molecule has 0 spiro atoms. The molecule has 0 saturated heterocycles. The third kappa shape index (κ3) is 21.5. The van der Waals surface area contributed by atoms with E-state index in [9.17, 15) is 0 Å². The summed E-state index contributed by atoms with van der Waals surface area (Å²) in [7, 11) is 0. The third-order valence-corrected chi connectivity index (χ3v) is 5.43. The first-order chi connectivity index (χ1) is 14.0. The Kier molecular flexibility index (Phi) is 22.0. The standard InChI is InChI=1S/C24H48Cl2O3/c1-5-7-9-11-19-27-23(17-13-15-21(3)25)29-24(18-14-16-22(4)26)28-20-12-10-8-6-2/h21-24H,5-20H2,1-4H3. The van der Waals surface area contributed by atoms with Crippen LogP contribution in [-0.4, -0.2) is 36.5 Å². The number of halogens is 2. The van der Waals surface area contributed by atoms with Gasteiger partial charge in [-0.25, -0.2) is 0 Å². The average molecular weight is 456 g/mol. The van der Waals surface area contributed by atoms with E-state index in [1.807, 2.05) is 13.8 Å². The molecule has 29 heavy (non-hydrogen) atoms. The van der Waals surface area contributed by atoms with Crippen LogP contribution in [0.4, 0.5) is 0 Å².